The van der Waals surface area contributed by atoms with Crippen LogP contribution in [0, 0.1) is 19.3 Å². The summed E-state index contributed by atoms with van der Waals surface area (Å²) in [5.74, 6) is 3.64. The molecule has 0 unspecified atom stereocenters. The van der Waals surface area contributed by atoms with E-state index in [4.69, 9.17) is 21.9 Å². The van der Waals surface area contributed by atoms with Gasteiger partial charge >= 0.3 is 0 Å². The van der Waals surface area contributed by atoms with Gasteiger partial charge in [-0.3, -0.25) is 4.79 Å². The molecule has 0 radical (unpaired) electrons. The Kier molecular flexibility index (Phi) is 8.42. The van der Waals surface area contributed by atoms with Crippen LogP contribution < -0.4 is 5.73 Å². The highest BCUT2D eigenvalue weighted by Gasteiger charge is 2.18. The maximum atomic E-state index is 11.2. The maximum Gasteiger partial charge on any atom is 0.205 e. The number of hydrogen-bond acceptors (Lipinski definition) is 6. The number of nitrogen functional groups attached to an aromatic ring is 1. The molecule has 0 atom stereocenters. The number of phenolic OH excluding ortho intramolecular Hbond substituents is 1. The number of Topliss-reactive ketones (excluding diaryl/α,β-unsaturated/α-hetero) is 1. The lowest BCUT2D eigenvalue weighted by Gasteiger charge is -2.13. The fourth-order valence-corrected chi connectivity index (χ4v) is 4.55. The summed E-state index contributed by atoms with van der Waals surface area (Å²) in [5, 5.41) is 11.0. The first-order valence-electron chi connectivity index (χ1n) is 12.8. The SMILES string of the molecule is C#CC(=O)CCCOCCc1ccc2nc(N)c3nc(CCCC)n(Cc4ccc(O)c(C)c4)c3c2c1. The number of pyridine rings is 1. The number of anilines is 1. The zero-order valence-corrected chi connectivity index (χ0v) is 21.6. The molecule has 0 bridgehead atoms. The quantitative estimate of drug-likeness (QED) is 0.160. The van der Waals surface area contributed by atoms with Crippen LogP contribution in [0.2, 0.25) is 0 Å². The number of benzene rings is 2. The number of fused-ring (bicyclic) bond motifs is 3. The number of hydrogen-bond donors (Lipinski definition) is 2. The molecule has 0 aliphatic carbocycles. The Bertz CT molecular complexity index is 1470. The molecule has 2 aromatic heterocycles. The van der Waals surface area contributed by atoms with E-state index < -0.39 is 0 Å². The molecule has 4 rings (SSSR count). The average Bonchev–Trinajstić information content (AvgIpc) is 3.26. The minimum Gasteiger partial charge on any atom is -0.508 e. The fraction of sp³-hybridized carbons (Fsp3) is 0.367. The number of ether oxygens (including phenoxy) is 1. The molecule has 192 valence electrons. The standard InChI is InChI=1S/C30H34N4O3/c1-4-6-9-27-33-28-29(34(27)19-22-11-13-26(36)20(3)17-22)24-18-21(10-12-25(24)32-30(28)31)14-16-37-15-7-8-23(35)5-2/h2,10-13,17-18,36H,4,6-9,14-16,19H2,1,3H3,(H2,31,32). The zero-order valence-electron chi connectivity index (χ0n) is 21.6. The Hall–Kier alpha value is -3.89. The summed E-state index contributed by atoms with van der Waals surface area (Å²) < 4.78 is 7.98. The van der Waals surface area contributed by atoms with Gasteiger partial charge in [-0.05, 0) is 67.0 Å². The summed E-state index contributed by atoms with van der Waals surface area (Å²) in [7, 11) is 0. The van der Waals surface area contributed by atoms with E-state index in [1.807, 2.05) is 31.2 Å². The molecule has 3 N–H and O–H groups in total. The van der Waals surface area contributed by atoms with Crippen LogP contribution in [0.3, 0.4) is 0 Å². The number of unbranched alkanes of at least 4 members (excludes halogenated alkanes) is 1. The molecule has 4 aromatic rings. The largest absolute Gasteiger partial charge is 0.508 e. The number of imidazole rings is 1. The van der Waals surface area contributed by atoms with Crippen LogP contribution in [0.5, 0.6) is 5.75 Å². The summed E-state index contributed by atoms with van der Waals surface area (Å²) in [6, 6.07) is 11.9. The van der Waals surface area contributed by atoms with E-state index in [0.717, 1.165) is 70.1 Å². The first kappa shape index (κ1) is 26.2. The highest BCUT2D eigenvalue weighted by atomic mass is 16.5. The third-order valence-corrected chi connectivity index (χ3v) is 6.59. The van der Waals surface area contributed by atoms with Crippen LogP contribution in [0.1, 0.15) is 55.1 Å². The van der Waals surface area contributed by atoms with Crippen LogP contribution in [0.15, 0.2) is 36.4 Å². The second kappa shape index (κ2) is 11.9. The number of aromatic hydroxyl groups is 1. The summed E-state index contributed by atoms with van der Waals surface area (Å²) in [6.07, 6.45) is 9.76. The number of nitrogens with zero attached hydrogens (tertiary/aromatic N) is 3. The van der Waals surface area contributed by atoms with Crippen LogP contribution in [0.25, 0.3) is 21.9 Å². The van der Waals surface area contributed by atoms with Crippen molar-refractivity contribution in [2.45, 2.75) is 58.9 Å². The summed E-state index contributed by atoms with van der Waals surface area (Å²) in [4.78, 5) is 20.8. The molecule has 7 nitrogen and oxygen atoms in total. The number of aryl methyl sites for hydroxylation is 2. The Labute approximate surface area is 217 Å². The highest BCUT2D eigenvalue weighted by molar-refractivity contribution is 6.06. The van der Waals surface area contributed by atoms with E-state index in [0.29, 0.717) is 44.2 Å². The summed E-state index contributed by atoms with van der Waals surface area (Å²) in [5.41, 5.74) is 12.0. The van der Waals surface area contributed by atoms with Gasteiger partial charge in [-0.15, -0.1) is 6.42 Å². The number of ketones is 1. The van der Waals surface area contributed by atoms with Crippen molar-refractivity contribution in [3.05, 3.63) is 58.9 Å². The van der Waals surface area contributed by atoms with E-state index in [-0.39, 0.29) is 5.78 Å². The van der Waals surface area contributed by atoms with Crippen LogP contribution in [-0.4, -0.2) is 38.6 Å². The molecule has 0 saturated carbocycles. The van der Waals surface area contributed by atoms with E-state index >= 15 is 0 Å². The van der Waals surface area contributed by atoms with Gasteiger partial charge in [-0.25, -0.2) is 9.97 Å². The van der Waals surface area contributed by atoms with E-state index in [2.05, 4.69) is 28.5 Å². The predicted molar refractivity (Wildman–Crippen MR) is 148 cm³/mol. The lowest BCUT2D eigenvalue weighted by molar-refractivity contribution is -0.114. The van der Waals surface area contributed by atoms with Crippen LogP contribution in [-0.2, 0) is 28.9 Å². The maximum absolute atomic E-state index is 11.2. The predicted octanol–water partition coefficient (Wildman–Crippen LogP) is 5.11. The number of carbonyl (C=O) groups is 1. The van der Waals surface area contributed by atoms with Crippen LogP contribution >= 0.6 is 0 Å². The molecule has 37 heavy (non-hydrogen) atoms. The molecular weight excluding hydrogens is 464 g/mol. The van der Waals surface area contributed by atoms with Crippen molar-refractivity contribution < 1.29 is 14.6 Å². The average molecular weight is 499 g/mol. The minimum absolute atomic E-state index is 0.189. The van der Waals surface area contributed by atoms with E-state index in [1.54, 1.807) is 6.07 Å². The van der Waals surface area contributed by atoms with E-state index in [1.165, 1.54) is 0 Å². The van der Waals surface area contributed by atoms with Crippen molar-refractivity contribution in [1.29, 1.82) is 0 Å². The molecule has 0 fully saturated rings. The summed E-state index contributed by atoms with van der Waals surface area (Å²) in [6.45, 7) is 5.75. The first-order chi connectivity index (χ1) is 17.9. The Balaban J connectivity index is 1.67. The molecule has 7 heteroatoms. The Morgan fingerprint density at radius 3 is 2.68 bits per heavy atom. The normalized spacial score (nSPS) is 11.3. The number of terminal acetylenes is 1. The van der Waals surface area contributed by atoms with Gasteiger partial charge < -0.3 is 20.1 Å². The van der Waals surface area contributed by atoms with E-state index in [9.17, 15) is 9.90 Å². The molecule has 0 aliphatic heterocycles. The molecule has 2 aromatic carbocycles. The van der Waals surface area contributed by atoms with Crippen molar-refractivity contribution >= 4 is 33.5 Å². The summed E-state index contributed by atoms with van der Waals surface area (Å²) >= 11 is 0. The molecule has 0 saturated heterocycles. The number of carbonyl (C=O) groups excluding carboxylic acids is 1. The van der Waals surface area contributed by atoms with Gasteiger partial charge in [0.1, 0.15) is 17.1 Å². The van der Waals surface area contributed by atoms with Gasteiger partial charge in [-0.2, -0.15) is 0 Å². The Morgan fingerprint density at radius 1 is 1.11 bits per heavy atom. The number of nitrogens with two attached hydrogens (primary N) is 1. The molecule has 0 aliphatic rings. The molecule has 0 amide bonds. The van der Waals surface area contributed by atoms with Gasteiger partial charge in [-0.1, -0.05) is 31.5 Å². The number of aromatic nitrogens is 3. The highest BCUT2D eigenvalue weighted by Crippen LogP contribution is 2.31. The first-order valence-corrected chi connectivity index (χ1v) is 12.8. The number of phenols is 1. The molecular formula is C30H34N4O3. The monoisotopic (exact) mass is 498 g/mol. The number of rotatable bonds is 12. The van der Waals surface area contributed by atoms with Crippen molar-refractivity contribution in [2.75, 3.05) is 18.9 Å². The third kappa shape index (κ3) is 6.10. The van der Waals surface area contributed by atoms with Gasteiger partial charge in [0, 0.05) is 31.4 Å². The minimum atomic E-state index is -0.189. The van der Waals surface area contributed by atoms with Crippen molar-refractivity contribution in [1.82, 2.24) is 14.5 Å². The fourth-order valence-electron chi connectivity index (χ4n) is 4.55. The topological polar surface area (TPSA) is 103 Å². The van der Waals surface area contributed by atoms with Gasteiger partial charge in [0.2, 0.25) is 5.78 Å². The van der Waals surface area contributed by atoms with Crippen molar-refractivity contribution in [3.63, 3.8) is 0 Å². The molecule has 2 heterocycles. The lowest BCUT2D eigenvalue weighted by Crippen LogP contribution is -2.06. The smallest absolute Gasteiger partial charge is 0.205 e. The van der Waals surface area contributed by atoms with Gasteiger partial charge in [0.05, 0.1) is 17.6 Å². The molecule has 0 spiro atoms. The second-order valence-corrected chi connectivity index (χ2v) is 9.42. The Morgan fingerprint density at radius 2 is 1.92 bits per heavy atom. The van der Waals surface area contributed by atoms with Crippen LogP contribution in [0.4, 0.5) is 5.82 Å². The third-order valence-electron chi connectivity index (χ3n) is 6.59. The lowest BCUT2D eigenvalue weighted by atomic mass is 10.1. The van der Waals surface area contributed by atoms with Crippen molar-refractivity contribution in [3.8, 4) is 18.1 Å². The van der Waals surface area contributed by atoms with Gasteiger partial charge in [0.15, 0.2) is 5.82 Å². The van der Waals surface area contributed by atoms with Crippen molar-refractivity contribution in [2.24, 2.45) is 0 Å². The van der Waals surface area contributed by atoms with Gasteiger partial charge in [0.25, 0.3) is 0 Å². The second-order valence-electron chi connectivity index (χ2n) is 9.42. The zero-order chi connectivity index (χ0) is 26.4.